The summed E-state index contributed by atoms with van der Waals surface area (Å²) in [6.07, 6.45) is 1.53. The number of phenolic OH excluding ortho intramolecular Hbond substituents is 1. The molecule has 0 atom stereocenters. The number of aromatic nitrogens is 1. The molecule has 2 heterocycles. The Bertz CT molecular complexity index is 1510. The van der Waals surface area contributed by atoms with E-state index in [1.807, 2.05) is 24.3 Å². The van der Waals surface area contributed by atoms with Crippen LogP contribution in [0.2, 0.25) is 5.02 Å². The van der Waals surface area contributed by atoms with Gasteiger partial charge in [0.2, 0.25) is 0 Å². The quantitative estimate of drug-likeness (QED) is 0.164. The number of furan rings is 1. The van der Waals surface area contributed by atoms with E-state index in [4.69, 9.17) is 16.0 Å². The number of phenols is 1. The van der Waals surface area contributed by atoms with Gasteiger partial charge in [-0.3, -0.25) is 15.1 Å². The van der Waals surface area contributed by atoms with Crippen LogP contribution in [-0.2, 0) is 0 Å². The summed E-state index contributed by atoms with van der Waals surface area (Å²) >= 11 is 7.68. The van der Waals surface area contributed by atoms with Gasteiger partial charge >= 0.3 is 0 Å². The average molecular weight is 476 g/mol. The zero-order valence-corrected chi connectivity index (χ0v) is 18.4. The molecule has 2 aromatic heterocycles. The predicted octanol–water partition coefficient (Wildman–Crippen LogP) is 7.24. The summed E-state index contributed by atoms with van der Waals surface area (Å²) in [5.74, 6) is 0.960. The maximum atomic E-state index is 11.1. The molecule has 0 saturated carbocycles. The van der Waals surface area contributed by atoms with Gasteiger partial charge in [-0.25, -0.2) is 4.98 Å². The molecule has 0 unspecified atom stereocenters. The third-order valence-electron chi connectivity index (χ3n) is 4.90. The van der Waals surface area contributed by atoms with Gasteiger partial charge in [0.15, 0.2) is 0 Å². The molecule has 0 spiro atoms. The van der Waals surface area contributed by atoms with E-state index < -0.39 is 4.92 Å². The van der Waals surface area contributed by atoms with Crippen LogP contribution in [0.3, 0.4) is 0 Å². The van der Waals surface area contributed by atoms with Crippen LogP contribution in [0, 0.1) is 10.1 Å². The minimum atomic E-state index is -0.487. The van der Waals surface area contributed by atoms with Crippen LogP contribution in [0.1, 0.15) is 5.76 Å². The number of para-hydroxylation sites is 1. The lowest BCUT2D eigenvalue weighted by Crippen LogP contribution is -1.88. The van der Waals surface area contributed by atoms with Crippen LogP contribution < -0.4 is 0 Å². The van der Waals surface area contributed by atoms with Crippen LogP contribution in [0.4, 0.5) is 11.4 Å². The van der Waals surface area contributed by atoms with Crippen molar-refractivity contribution in [2.45, 2.75) is 0 Å². The summed E-state index contributed by atoms with van der Waals surface area (Å²) in [5, 5.41) is 22.5. The number of non-ortho nitro benzene ring substituents is 1. The van der Waals surface area contributed by atoms with Gasteiger partial charge in [0, 0.05) is 17.7 Å². The number of nitro benzene ring substituents is 1. The highest BCUT2D eigenvalue weighted by Crippen LogP contribution is 2.37. The first-order chi connectivity index (χ1) is 16.0. The molecule has 0 aliphatic rings. The molecule has 33 heavy (non-hydrogen) atoms. The maximum absolute atomic E-state index is 11.1. The molecule has 5 aromatic rings. The molecule has 9 heteroatoms. The molecule has 0 aliphatic heterocycles. The van der Waals surface area contributed by atoms with Crippen molar-refractivity contribution in [2.75, 3.05) is 0 Å². The molecule has 5 rings (SSSR count). The smallest absolute Gasteiger partial charge is 0.270 e. The Labute approximate surface area is 196 Å². The number of aliphatic imine (C=N–C) groups is 1. The van der Waals surface area contributed by atoms with Crippen LogP contribution in [0.25, 0.3) is 32.1 Å². The fourth-order valence-corrected chi connectivity index (χ4v) is 4.49. The molecular formula is C24H14ClN3O4S. The van der Waals surface area contributed by atoms with Crippen molar-refractivity contribution in [3.05, 3.63) is 93.7 Å². The molecule has 0 fully saturated rings. The van der Waals surface area contributed by atoms with E-state index in [9.17, 15) is 15.2 Å². The number of aromatic hydroxyl groups is 1. The van der Waals surface area contributed by atoms with E-state index in [-0.39, 0.29) is 11.4 Å². The number of hydrogen-bond acceptors (Lipinski definition) is 7. The second-order valence-electron chi connectivity index (χ2n) is 7.07. The van der Waals surface area contributed by atoms with E-state index in [2.05, 4.69) is 9.98 Å². The van der Waals surface area contributed by atoms with Crippen molar-refractivity contribution in [1.82, 2.24) is 4.98 Å². The highest BCUT2D eigenvalue weighted by molar-refractivity contribution is 7.21. The number of rotatable bonds is 5. The summed E-state index contributed by atoms with van der Waals surface area (Å²) in [6.45, 7) is 0. The summed E-state index contributed by atoms with van der Waals surface area (Å²) in [5.41, 5.74) is 2.41. The molecule has 0 amide bonds. The number of fused-ring (bicyclic) bond motifs is 1. The highest BCUT2D eigenvalue weighted by atomic mass is 35.5. The lowest BCUT2D eigenvalue weighted by atomic mass is 10.1. The van der Waals surface area contributed by atoms with E-state index in [0.29, 0.717) is 38.4 Å². The monoisotopic (exact) mass is 475 g/mol. The van der Waals surface area contributed by atoms with E-state index >= 15 is 0 Å². The largest absolute Gasteiger partial charge is 0.507 e. The molecule has 0 saturated heterocycles. The molecule has 7 nitrogen and oxygen atoms in total. The topological polar surface area (TPSA) is 102 Å². The third kappa shape index (κ3) is 4.21. The number of thiazole rings is 1. The molecule has 1 N–H and O–H groups in total. The summed E-state index contributed by atoms with van der Waals surface area (Å²) in [4.78, 5) is 19.6. The van der Waals surface area contributed by atoms with Gasteiger partial charge < -0.3 is 9.52 Å². The van der Waals surface area contributed by atoms with Crippen molar-refractivity contribution in [3.8, 4) is 27.6 Å². The standard InChI is InChI=1S/C24H14ClN3O4S/c25-19-8-6-15(28(30)31)12-17(19)22-10-7-16(32-22)13-26-14-5-9-21(29)18(11-14)24-27-20-3-1-2-4-23(20)33-24/h1-13,29H. The van der Waals surface area contributed by atoms with Crippen LogP contribution in [0.15, 0.2) is 82.2 Å². The maximum Gasteiger partial charge on any atom is 0.270 e. The van der Waals surface area contributed by atoms with Gasteiger partial charge in [-0.05, 0) is 48.5 Å². The molecule has 162 valence electrons. The van der Waals surface area contributed by atoms with E-state index in [1.165, 1.54) is 35.8 Å². The first-order valence-electron chi connectivity index (χ1n) is 9.75. The van der Waals surface area contributed by atoms with Crippen LogP contribution in [-0.4, -0.2) is 21.2 Å². The number of benzene rings is 3. The number of hydrogen-bond donors (Lipinski definition) is 1. The Kier molecular flexibility index (Phi) is 5.37. The first-order valence-corrected chi connectivity index (χ1v) is 10.9. The Morgan fingerprint density at radius 3 is 2.73 bits per heavy atom. The van der Waals surface area contributed by atoms with Crippen LogP contribution >= 0.6 is 22.9 Å². The fourth-order valence-electron chi connectivity index (χ4n) is 3.28. The summed E-state index contributed by atoms with van der Waals surface area (Å²) < 4.78 is 6.80. The third-order valence-corrected chi connectivity index (χ3v) is 6.30. The van der Waals surface area contributed by atoms with Crippen molar-refractivity contribution < 1.29 is 14.4 Å². The highest BCUT2D eigenvalue weighted by Gasteiger charge is 2.14. The zero-order chi connectivity index (χ0) is 22.9. The lowest BCUT2D eigenvalue weighted by molar-refractivity contribution is -0.384. The van der Waals surface area contributed by atoms with Crippen molar-refractivity contribution in [1.29, 1.82) is 0 Å². The lowest BCUT2D eigenvalue weighted by Gasteiger charge is -2.02. The Balaban J connectivity index is 1.43. The van der Waals surface area contributed by atoms with Gasteiger partial charge in [0.25, 0.3) is 5.69 Å². The zero-order valence-electron chi connectivity index (χ0n) is 16.8. The Morgan fingerprint density at radius 2 is 1.91 bits per heavy atom. The van der Waals surface area contributed by atoms with Gasteiger partial charge in [0.05, 0.1) is 37.6 Å². The fraction of sp³-hybridized carbons (Fsp3) is 0. The SMILES string of the molecule is O=[N+]([O-])c1ccc(Cl)c(-c2ccc(C=Nc3ccc(O)c(-c4nc5ccccc5s4)c3)o2)c1. The van der Waals surface area contributed by atoms with Crippen LogP contribution in [0.5, 0.6) is 5.75 Å². The van der Waals surface area contributed by atoms with Gasteiger partial charge in [-0.15, -0.1) is 11.3 Å². The molecular weight excluding hydrogens is 462 g/mol. The number of halogens is 1. The van der Waals surface area contributed by atoms with Crippen molar-refractivity contribution >= 4 is 50.7 Å². The van der Waals surface area contributed by atoms with E-state index in [0.717, 1.165) is 10.2 Å². The van der Waals surface area contributed by atoms with Gasteiger partial charge in [0.1, 0.15) is 22.3 Å². The normalized spacial score (nSPS) is 11.4. The second kappa shape index (κ2) is 8.50. The van der Waals surface area contributed by atoms with Gasteiger partial charge in [-0.2, -0.15) is 0 Å². The Hall–Kier alpha value is -4.01. The number of nitrogens with zero attached hydrogens (tertiary/aromatic N) is 3. The van der Waals surface area contributed by atoms with Gasteiger partial charge in [-0.1, -0.05) is 23.7 Å². The number of nitro groups is 1. The molecule has 0 radical (unpaired) electrons. The molecule has 0 bridgehead atoms. The predicted molar refractivity (Wildman–Crippen MR) is 130 cm³/mol. The average Bonchev–Trinajstić information content (AvgIpc) is 3.45. The van der Waals surface area contributed by atoms with E-state index in [1.54, 1.807) is 30.3 Å². The first kappa shape index (κ1) is 20.9. The molecule has 3 aromatic carbocycles. The van der Waals surface area contributed by atoms with Crippen molar-refractivity contribution in [3.63, 3.8) is 0 Å². The minimum Gasteiger partial charge on any atom is -0.507 e. The van der Waals surface area contributed by atoms with Crippen molar-refractivity contribution in [2.24, 2.45) is 4.99 Å². The second-order valence-corrected chi connectivity index (χ2v) is 8.51. The summed E-state index contributed by atoms with van der Waals surface area (Å²) in [7, 11) is 0. The minimum absolute atomic E-state index is 0.0764. The summed E-state index contributed by atoms with van der Waals surface area (Å²) in [6, 6.07) is 20.3. The molecule has 0 aliphatic carbocycles. The Morgan fingerprint density at radius 1 is 1.06 bits per heavy atom.